The number of Topliss-reactive ketones (excluding diaryl/α,β-unsaturated/α-hetero) is 1. The highest BCUT2D eigenvalue weighted by Crippen LogP contribution is 2.18. The van der Waals surface area contributed by atoms with Crippen LogP contribution in [0.2, 0.25) is 0 Å². The number of hydrogen-bond donors (Lipinski definition) is 2. The van der Waals surface area contributed by atoms with Crippen LogP contribution in [-0.2, 0) is 9.59 Å². The minimum atomic E-state index is -1.22. The maximum absolute atomic E-state index is 10.5. The van der Waals surface area contributed by atoms with Crippen LogP contribution in [0.3, 0.4) is 0 Å². The van der Waals surface area contributed by atoms with Gasteiger partial charge in [0.2, 0.25) is 0 Å². The van der Waals surface area contributed by atoms with E-state index in [1.54, 1.807) is 0 Å². The van der Waals surface area contributed by atoms with Gasteiger partial charge >= 0.3 is 5.97 Å². The van der Waals surface area contributed by atoms with Gasteiger partial charge in [0.15, 0.2) is 0 Å². The van der Waals surface area contributed by atoms with Gasteiger partial charge in [-0.05, 0) is 13.8 Å². The molecule has 0 aliphatic rings. The molecule has 0 unspecified atom stereocenters. The second-order valence-corrected chi connectivity index (χ2v) is 3.44. The molecule has 0 saturated carbocycles. The molecule has 0 aromatic rings. The minimum absolute atomic E-state index is 0.0363. The Hall–Kier alpha value is -0.510. The van der Waals surface area contributed by atoms with E-state index in [0.717, 1.165) is 0 Å². The third-order valence-electron chi connectivity index (χ3n) is 1.05. The highest BCUT2D eigenvalue weighted by Gasteiger charge is 2.29. The lowest BCUT2D eigenvalue weighted by Crippen LogP contribution is -2.30. The zero-order chi connectivity index (χ0) is 8.36. The Morgan fingerprint density at radius 3 is 2.10 bits per heavy atom. The van der Waals surface area contributed by atoms with Gasteiger partial charge in [-0.1, -0.05) is 0 Å². The van der Waals surface area contributed by atoms with E-state index in [2.05, 4.69) is 12.6 Å². The van der Waals surface area contributed by atoms with E-state index < -0.39 is 10.7 Å². The molecule has 0 rings (SSSR count). The number of thiol groups is 1. The summed E-state index contributed by atoms with van der Waals surface area (Å²) in [5, 5.41) is 8.46. The van der Waals surface area contributed by atoms with E-state index >= 15 is 0 Å². The summed E-state index contributed by atoms with van der Waals surface area (Å²) >= 11 is 3.80. The van der Waals surface area contributed by atoms with Crippen LogP contribution in [0.5, 0.6) is 0 Å². The molecule has 0 aromatic carbocycles. The van der Waals surface area contributed by atoms with Crippen LogP contribution in [0.1, 0.15) is 20.3 Å². The summed E-state index contributed by atoms with van der Waals surface area (Å²) in [6.45, 7) is 2.75. The fraction of sp³-hybridized carbons (Fsp3) is 0.667. The molecule has 0 aromatic heterocycles. The van der Waals surface area contributed by atoms with Gasteiger partial charge in [-0.15, -0.1) is 0 Å². The van der Waals surface area contributed by atoms with E-state index in [1.807, 2.05) is 0 Å². The Morgan fingerprint density at radius 2 is 2.00 bits per heavy atom. The van der Waals surface area contributed by atoms with E-state index in [9.17, 15) is 9.59 Å². The average molecular weight is 162 g/mol. The number of rotatable bonds is 3. The van der Waals surface area contributed by atoms with Gasteiger partial charge < -0.3 is 5.11 Å². The van der Waals surface area contributed by atoms with Crippen molar-refractivity contribution in [1.29, 1.82) is 0 Å². The topological polar surface area (TPSA) is 54.4 Å². The Balaban J connectivity index is 4.13. The van der Waals surface area contributed by atoms with Gasteiger partial charge in [-0.25, -0.2) is 0 Å². The molecule has 58 valence electrons. The van der Waals surface area contributed by atoms with E-state index in [1.165, 1.54) is 13.8 Å². The highest BCUT2D eigenvalue weighted by molar-refractivity contribution is 7.82. The van der Waals surface area contributed by atoms with Crippen LogP contribution >= 0.6 is 12.6 Å². The number of ketones is 1. The predicted octanol–water partition coefficient (Wildman–Crippen LogP) is 0.739. The molecule has 0 heterocycles. The number of carbonyl (C=O) groups excluding carboxylic acids is 1. The summed E-state index contributed by atoms with van der Waals surface area (Å²) in [6, 6.07) is 0. The summed E-state index contributed by atoms with van der Waals surface area (Å²) in [5.41, 5.74) is 0. The minimum Gasteiger partial charge on any atom is -0.480 e. The fourth-order valence-electron chi connectivity index (χ4n) is 0.560. The van der Waals surface area contributed by atoms with Crippen molar-refractivity contribution in [2.45, 2.75) is 25.0 Å². The SMILES string of the molecule is CC(=O)C[C@@](C)(S)C(=O)O. The lowest BCUT2D eigenvalue weighted by Gasteiger charge is -2.14. The molecular weight excluding hydrogens is 152 g/mol. The van der Waals surface area contributed by atoms with E-state index in [-0.39, 0.29) is 12.2 Å². The Bertz CT molecular complexity index is 162. The van der Waals surface area contributed by atoms with Crippen LogP contribution < -0.4 is 0 Å². The summed E-state index contributed by atoms with van der Waals surface area (Å²) in [5.74, 6) is -1.23. The van der Waals surface area contributed by atoms with Crippen molar-refractivity contribution >= 4 is 24.4 Å². The first-order valence-electron chi connectivity index (χ1n) is 2.81. The normalized spacial score (nSPS) is 15.9. The predicted molar refractivity (Wildman–Crippen MR) is 40.3 cm³/mol. The quantitative estimate of drug-likeness (QED) is 0.602. The molecule has 0 aliphatic heterocycles. The molecule has 0 amide bonds. The molecule has 0 radical (unpaired) electrons. The molecule has 0 aliphatic carbocycles. The number of carboxylic acids is 1. The van der Waals surface area contributed by atoms with Gasteiger partial charge in [0, 0.05) is 6.42 Å². The zero-order valence-electron chi connectivity index (χ0n) is 5.92. The summed E-state index contributed by atoms with van der Waals surface area (Å²) < 4.78 is -1.22. The van der Waals surface area contributed by atoms with Gasteiger partial charge in [-0.3, -0.25) is 9.59 Å². The summed E-state index contributed by atoms with van der Waals surface area (Å²) in [6.07, 6.45) is -0.0363. The Labute approximate surface area is 64.8 Å². The molecule has 4 heteroatoms. The molecule has 0 fully saturated rings. The molecular formula is C6H10O3S. The maximum Gasteiger partial charge on any atom is 0.319 e. The molecule has 3 nitrogen and oxygen atoms in total. The molecule has 1 N–H and O–H groups in total. The standard InChI is InChI=1S/C6H10O3S/c1-4(7)3-6(2,10)5(8)9/h10H,3H2,1-2H3,(H,8,9)/t6-/m1/s1. The number of carbonyl (C=O) groups is 2. The lowest BCUT2D eigenvalue weighted by atomic mass is 10.1. The van der Waals surface area contributed by atoms with Crippen molar-refractivity contribution in [3.8, 4) is 0 Å². The number of aliphatic carboxylic acids is 1. The van der Waals surface area contributed by atoms with Crippen molar-refractivity contribution in [2.24, 2.45) is 0 Å². The van der Waals surface area contributed by atoms with Gasteiger partial charge in [-0.2, -0.15) is 12.6 Å². The van der Waals surface area contributed by atoms with Gasteiger partial charge in [0.05, 0.1) is 0 Å². The fourth-order valence-corrected chi connectivity index (χ4v) is 0.783. The van der Waals surface area contributed by atoms with Crippen LogP contribution in [0.15, 0.2) is 0 Å². The third-order valence-corrected chi connectivity index (χ3v) is 1.40. The maximum atomic E-state index is 10.5. The number of carboxylic acid groups (broad SMARTS) is 1. The first-order valence-corrected chi connectivity index (χ1v) is 3.26. The monoisotopic (exact) mass is 162 g/mol. The molecule has 1 atom stereocenters. The second-order valence-electron chi connectivity index (χ2n) is 2.46. The molecule has 0 spiro atoms. The summed E-state index contributed by atoms with van der Waals surface area (Å²) in [4.78, 5) is 20.8. The van der Waals surface area contributed by atoms with Crippen molar-refractivity contribution in [2.75, 3.05) is 0 Å². The Morgan fingerprint density at radius 1 is 1.60 bits per heavy atom. The van der Waals surface area contributed by atoms with E-state index in [4.69, 9.17) is 5.11 Å². The number of hydrogen-bond acceptors (Lipinski definition) is 3. The highest BCUT2D eigenvalue weighted by atomic mass is 32.1. The summed E-state index contributed by atoms with van der Waals surface area (Å²) in [7, 11) is 0. The van der Waals surface area contributed by atoms with E-state index in [0.29, 0.717) is 0 Å². The van der Waals surface area contributed by atoms with Crippen LogP contribution in [0, 0.1) is 0 Å². The molecule has 0 bridgehead atoms. The van der Waals surface area contributed by atoms with Crippen molar-refractivity contribution in [3.63, 3.8) is 0 Å². The largest absolute Gasteiger partial charge is 0.480 e. The van der Waals surface area contributed by atoms with Crippen molar-refractivity contribution < 1.29 is 14.7 Å². The first-order chi connectivity index (χ1) is 4.36. The van der Waals surface area contributed by atoms with Gasteiger partial charge in [0.25, 0.3) is 0 Å². The average Bonchev–Trinajstić information content (AvgIpc) is 1.60. The third kappa shape index (κ3) is 2.87. The zero-order valence-corrected chi connectivity index (χ0v) is 6.81. The first kappa shape index (κ1) is 9.49. The smallest absolute Gasteiger partial charge is 0.319 e. The van der Waals surface area contributed by atoms with Crippen LogP contribution in [-0.4, -0.2) is 21.6 Å². The Kier molecular flexibility index (Phi) is 2.90. The van der Waals surface area contributed by atoms with Crippen LogP contribution in [0.25, 0.3) is 0 Å². The second kappa shape index (κ2) is 3.05. The van der Waals surface area contributed by atoms with Crippen molar-refractivity contribution in [3.05, 3.63) is 0 Å². The van der Waals surface area contributed by atoms with Crippen LogP contribution in [0.4, 0.5) is 0 Å². The van der Waals surface area contributed by atoms with Gasteiger partial charge in [0.1, 0.15) is 10.5 Å². The van der Waals surface area contributed by atoms with Crippen molar-refractivity contribution in [1.82, 2.24) is 0 Å². The molecule has 10 heavy (non-hydrogen) atoms. The lowest BCUT2D eigenvalue weighted by molar-refractivity contribution is -0.140. The molecule has 0 saturated heterocycles.